The second kappa shape index (κ2) is 8.01. The van der Waals surface area contributed by atoms with Crippen LogP contribution in [0.25, 0.3) is 0 Å². The van der Waals surface area contributed by atoms with Gasteiger partial charge in [0.25, 0.3) is 0 Å². The first-order valence-corrected chi connectivity index (χ1v) is 9.29. The van der Waals surface area contributed by atoms with Crippen molar-refractivity contribution in [3.05, 3.63) is 29.9 Å². The van der Waals surface area contributed by atoms with E-state index < -0.39 is 0 Å². The molecule has 0 radical (unpaired) electrons. The number of rotatable bonds is 4. The summed E-state index contributed by atoms with van der Waals surface area (Å²) in [6, 6.07) is 2.34. The fourth-order valence-corrected chi connectivity index (χ4v) is 3.55. The fraction of sp³-hybridized carbons (Fsp3) is 0.529. The van der Waals surface area contributed by atoms with E-state index in [9.17, 15) is 0 Å². The molecule has 138 valence electrons. The molecule has 0 aliphatic carbocycles. The minimum Gasteiger partial charge on any atom is -0.378 e. The van der Waals surface area contributed by atoms with Gasteiger partial charge in [0, 0.05) is 38.3 Å². The molecule has 0 aromatic carbocycles. The van der Waals surface area contributed by atoms with Crippen LogP contribution in [0.5, 0.6) is 0 Å². The van der Waals surface area contributed by atoms with Gasteiger partial charge in [0.05, 0.1) is 19.4 Å². The summed E-state index contributed by atoms with van der Waals surface area (Å²) in [7, 11) is 0. The minimum atomic E-state index is 0.262. The molecule has 1 N–H and O–H groups in total. The van der Waals surface area contributed by atoms with Gasteiger partial charge in [-0.1, -0.05) is 11.6 Å². The van der Waals surface area contributed by atoms with Crippen LogP contribution in [0.15, 0.2) is 24.9 Å². The van der Waals surface area contributed by atoms with Crippen LogP contribution >= 0.6 is 11.6 Å². The van der Waals surface area contributed by atoms with Gasteiger partial charge in [-0.3, -0.25) is 0 Å². The normalized spacial score (nSPS) is 20.9. The number of anilines is 3. The third kappa shape index (κ3) is 3.96. The molecule has 9 heteroatoms. The summed E-state index contributed by atoms with van der Waals surface area (Å²) in [4.78, 5) is 21.6. The van der Waals surface area contributed by atoms with E-state index in [-0.39, 0.29) is 6.04 Å². The van der Waals surface area contributed by atoms with Gasteiger partial charge < -0.3 is 19.9 Å². The molecule has 1 atom stereocenters. The van der Waals surface area contributed by atoms with Crippen molar-refractivity contribution in [3.8, 4) is 0 Å². The molecule has 0 amide bonds. The van der Waals surface area contributed by atoms with E-state index >= 15 is 0 Å². The molecule has 2 fully saturated rings. The highest BCUT2D eigenvalue weighted by molar-refractivity contribution is 6.32. The second-order valence-electron chi connectivity index (χ2n) is 6.48. The Bertz CT molecular complexity index is 741. The van der Waals surface area contributed by atoms with Crippen molar-refractivity contribution >= 4 is 29.1 Å². The van der Waals surface area contributed by atoms with Gasteiger partial charge in [-0.2, -0.15) is 0 Å². The highest BCUT2D eigenvalue weighted by Gasteiger charge is 2.23. The maximum atomic E-state index is 6.17. The lowest BCUT2D eigenvalue weighted by Crippen LogP contribution is -2.43. The van der Waals surface area contributed by atoms with Gasteiger partial charge in [0.2, 0.25) is 0 Å². The van der Waals surface area contributed by atoms with Crippen LogP contribution in [0.1, 0.15) is 12.8 Å². The van der Waals surface area contributed by atoms with E-state index in [0.29, 0.717) is 10.8 Å². The van der Waals surface area contributed by atoms with Crippen LogP contribution in [-0.2, 0) is 4.74 Å². The Morgan fingerprint density at radius 2 is 1.85 bits per heavy atom. The Hall–Kier alpha value is -2.19. The van der Waals surface area contributed by atoms with Gasteiger partial charge in [-0.05, 0) is 12.8 Å². The zero-order valence-electron chi connectivity index (χ0n) is 14.5. The molecule has 4 heterocycles. The Kier molecular flexibility index (Phi) is 5.31. The maximum Gasteiger partial charge on any atom is 0.148 e. The Balaban J connectivity index is 1.45. The van der Waals surface area contributed by atoms with Crippen molar-refractivity contribution in [2.75, 3.05) is 54.5 Å². The molecule has 2 saturated heterocycles. The summed E-state index contributed by atoms with van der Waals surface area (Å²) in [5.74, 6) is 2.61. The summed E-state index contributed by atoms with van der Waals surface area (Å²) in [6.45, 7) is 5.05. The quantitative estimate of drug-likeness (QED) is 0.867. The molecule has 26 heavy (non-hydrogen) atoms. The average molecular weight is 376 g/mol. The number of hydrogen-bond acceptors (Lipinski definition) is 8. The van der Waals surface area contributed by atoms with Crippen molar-refractivity contribution in [1.29, 1.82) is 0 Å². The molecular weight excluding hydrogens is 354 g/mol. The van der Waals surface area contributed by atoms with Crippen molar-refractivity contribution < 1.29 is 4.74 Å². The zero-order chi connectivity index (χ0) is 17.8. The number of aromatic nitrogens is 4. The number of piperidine rings is 1. The maximum absolute atomic E-state index is 6.17. The van der Waals surface area contributed by atoms with Crippen molar-refractivity contribution in [3.63, 3.8) is 0 Å². The second-order valence-corrected chi connectivity index (χ2v) is 6.89. The summed E-state index contributed by atoms with van der Waals surface area (Å²) >= 11 is 6.17. The molecule has 2 aromatic heterocycles. The summed E-state index contributed by atoms with van der Waals surface area (Å²) in [6.07, 6.45) is 6.91. The van der Waals surface area contributed by atoms with Crippen LogP contribution in [0.2, 0.25) is 5.02 Å². The summed E-state index contributed by atoms with van der Waals surface area (Å²) < 4.78 is 5.42. The number of halogens is 1. The lowest BCUT2D eigenvalue weighted by Gasteiger charge is -2.35. The van der Waals surface area contributed by atoms with E-state index in [1.807, 2.05) is 0 Å². The van der Waals surface area contributed by atoms with Crippen molar-refractivity contribution in [2.24, 2.45) is 0 Å². The number of nitrogens with zero attached hydrogens (tertiary/aromatic N) is 6. The molecular formula is C17H22ClN7O. The molecule has 2 aliphatic heterocycles. The fourth-order valence-electron chi connectivity index (χ4n) is 3.39. The average Bonchev–Trinajstić information content (AvgIpc) is 2.71. The highest BCUT2D eigenvalue weighted by Crippen LogP contribution is 2.24. The first kappa shape index (κ1) is 17.2. The first-order chi connectivity index (χ1) is 12.8. The van der Waals surface area contributed by atoms with E-state index in [0.717, 1.165) is 63.9 Å². The van der Waals surface area contributed by atoms with Gasteiger partial charge in [-0.25, -0.2) is 19.9 Å². The number of hydrogen-bond donors (Lipinski definition) is 1. The SMILES string of the molecule is Clc1cncnc1NC1CCCN(c2cc(N3CCOCC3)ncn2)C1. The van der Waals surface area contributed by atoms with Gasteiger partial charge >= 0.3 is 0 Å². The first-order valence-electron chi connectivity index (χ1n) is 8.91. The van der Waals surface area contributed by atoms with E-state index in [2.05, 4.69) is 41.1 Å². The lowest BCUT2D eigenvalue weighted by atomic mass is 10.1. The number of ether oxygens (including phenoxy) is 1. The molecule has 2 aliphatic rings. The predicted octanol–water partition coefficient (Wildman–Crippen LogP) is 1.84. The molecule has 0 bridgehead atoms. The van der Waals surface area contributed by atoms with E-state index in [4.69, 9.17) is 16.3 Å². The van der Waals surface area contributed by atoms with Gasteiger partial charge in [-0.15, -0.1) is 0 Å². The highest BCUT2D eigenvalue weighted by atomic mass is 35.5. The van der Waals surface area contributed by atoms with Crippen LogP contribution < -0.4 is 15.1 Å². The lowest BCUT2D eigenvalue weighted by molar-refractivity contribution is 0.122. The van der Waals surface area contributed by atoms with Crippen LogP contribution in [-0.4, -0.2) is 65.4 Å². The minimum absolute atomic E-state index is 0.262. The number of morpholine rings is 1. The molecule has 8 nitrogen and oxygen atoms in total. The third-order valence-electron chi connectivity index (χ3n) is 4.73. The third-order valence-corrected chi connectivity index (χ3v) is 5.00. The largest absolute Gasteiger partial charge is 0.378 e. The monoisotopic (exact) mass is 375 g/mol. The molecule has 0 spiro atoms. The Morgan fingerprint density at radius 3 is 2.65 bits per heavy atom. The predicted molar refractivity (Wildman–Crippen MR) is 101 cm³/mol. The van der Waals surface area contributed by atoms with Gasteiger partial charge in [0.1, 0.15) is 35.1 Å². The van der Waals surface area contributed by atoms with Gasteiger partial charge in [0.15, 0.2) is 0 Å². The zero-order valence-corrected chi connectivity index (χ0v) is 15.3. The topological polar surface area (TPSA) is 79.3 Å². The molecule has 0 saturated carbocycles. The number of nitrogens with one attached hydrogen (secondary N) is 1. The summed E-state index contributed by atoms with van der Waals surface area (Å²) in [5.41, 5.74) is 0. The van der Waals surface area contributed by atoms with Crippen LogP contribution in [0.4, 0.5) is 17.5 Å². The van der Waals surface area contributed by atoms with E-state index in [1.54, 1.807) is 12.5 Å². The molecule has 1 unspecified atom stereocenters. The van der Waals surface area contributed by atoms with E-state index in [1.165, 1.54) is 6.33 Å². The van der Waals surface area contributed by atoms with Crippen molar-refractivity contribution in [1.82, 2.24) is 19.9 Å². The van der Waals surface area contributed by atoms with Crippen LogP contribution in [0, 0.1) is 0 Å². The van der Waals surface area contributed by atoms with Crippen molar-refractivity contribution in [2.45, 2.75) is 18.9 Å². The Morgan fingerprint density at radius 1 is 1.04 bits per heavy atom. The Labute approximate surface area is 157 Å². The van der Waals surface area contributed by atoms with Crippen LogP contribution in [0.3, 0.4) is 0 Å². The molecule has 4 rings (SSSR count). The smallest absolute Gasteiger partial charge is 0.148 e. The summed E-state index contributed by atoms with van der Waals surface area (Å²) in [5, 5.41) is 3.97. The molecule has 2 aromatic rings. The standard InChI is InChI=1S/C17H22ClN7O/c18-14-9-19-11-22-17(14)23-13-2-1-3-25(10-13)16-8-15(20-12-21-16)24-4-6-26-7-5-24/h8-9,11-13H,1-7,10H2,(H,19,22,23).